The van der Waals surface area contributed by atoms with E-state index in [2.05, 4.69) is 15.8 Å². The average Bonchev–Trinajstić information content (AvgIpc) is 2.74. The molecule has 3 aromatic rings. The van der Waals surface area contributed by atoms with E-state index in [9.17, 15) is 14.0 Å². The van der Waals surface area contributed by atoms with Crippen LogP contribution in [0.5, 0.6) is 5.75 Å². The Morgan fingerprint density at radius 2 is 1.69 bits per heavy atom. The number of methoxy groups -OCH3 is 1. The number of benzene rings is 3. The second-order valence-electron chi connectivity index (χ2n) is 6.02. The maximum atomic E-state index is 13.0. The number of carbonyl (C=O) groups excluding carboxylic acids is 2. The molecule has 0 atom stereocenters. The second kappa shape index (κ2) is 9.27. The van der Waals surface area contributed by atoms with Gasteiger partial charge in [-0.3, -0.25) is 9.59 Å². The molecular weight excluding hydrogens is 373 g/mol. The first-order valence-corrected chi connectivity index (χ1v) is 8.69. The van der Waals surface area contributed by atoms with Gasteiger partial charge in [0.2, 0.25) is 0 Å². The summed E-state index contributed by atoms with van der Waals surface area (Å²) in [4.78, 5) is 24.5. The molecule has 0 aliphatic heterocycles. The third kappa shape index (κ3) is 5.49. The molecule has 0 saturated carbocycles. The van der Waals surface area contributed by atoms with E-state index in [4.69, 9.17) is 4.74 Å². The fraction of sp³-hybridized carbons (Fsp3) is 0.0455. The minimum Gasteiger partial charge on any atom is -0.497 e. The molecule has 2 amide bonds. The monoisotopic (exact) mass is 391 g/mol. The van der Waals surface area contributed by atoms with Crippen molar-refractivity contribution in [1.29, 1.82) is 0 Å². The lowest BCUT2D eigenvalue weighted by Gasteiger charge is -2.07. The quantitative estimate of drug-likeness (QED) is 0.495. The molecule has 146 valence electrons. The summed E-state index contributed by atoms with van der Waals surface area (Å²) in [6, 6.07) is 18.8. The van der Waals surface area contributed by atoms with Gasteiger partial charge in [0.25, 0.3) is 11.8 Å². The van der Waals surface area contributed by atoms with Crippen LogP contribution in [0.1, 0.15) is 26.3 Å². The van der Waals surface area contributed by atoms with Crippen LogP contribution >= 0.6 is 0 Å². The van der Waals surface area contributed by atoms with Crippen molar-refractivity contribution >= 4 is 23.7 Å². The molecule has 3 rings (SSSR count). The third-order valence-electron chi connectivity index (χ3n) is 3.96. The number of hydrazone groups is 1. The number of amides is 2. The molecule has 0 radical (unpaired) electrons. The van der Waals surface area contributed by atoms with Crippen LogP contribution in [0.3, 0.4) is 0 Å². The van der Waals surface area contributed by atoms with Crippen molar-refractivity contribution in [1.82, 2.24) is 5.43 Å². The first-order valence-electron chi connectivity index (χ1n) is 8.69. The van der Waals surface area contributed by atoms with Crippen molar-refractivity contribution in [3.8, 4) is 5.75 Å². The van der Waals surface area contributed by atoms with Crippen LogP contribution in [0, 0.1) is 5.82 Å². The summed E-state index contributed by atoms with van der Waals surface area (Å²) >= 11 is 0. The van der Waals surface area contributed by atoms with Gasteiger partial charge >= 0.3 is 0 Å². The third-order valence-corrected chi connectivity index (χ3v) is 3.96. The van der Waals surface area contributed by atoms with Crippen LogP contribution in [0.4, 0.5) is 10.1 Å². The van der Waals surface area contributed by atoms with Crippen molar-refractivity contribution in [2.24, 2.45) is 5.10 Å². The van der Waals surface area contributed by atoms with Crippen molar-refractivity contribution < 1.29 is 18.7 Å². The van der Waals surface area contributed by atoms with E-state index >= 15 is 0 Å². The number of nitrogens with zero attached hydrogens (tertiary/aromatic N) is 1. The van der Waals surface area contributed by atoms with Crippen molar-refractivity contribution in [3.63, 3.8) is 0 Å². The second-order valence-corrected chi connectivity index (χ2v) is 6.02. The Morgan fingerprint density at radius 1 is 0.931 bits per heavy atom. The summed E-state index contributed by atoms with van der Waals surface area (Å²) in [6.45, 7) is 0. The maximum Gasteiger partial charge on any atom is 0.271 e. The molecule has 0 spiro atoms. The lowest BCUT2D eigenvalue weighted by Crippen LogP contribution is -2.18. The fourth-order valence-electron chi connectivity index (χ4n) is 2.49. The normalized spacial score (nSPS) is 10.6. The van der Waals surface area contributed by atoms with E-state index < -0.39 is 17.6 Å². The van der Waals surface area contributed by atoms with E-state index in [1.54, 1.807) is 31.4 Å². The van der Waals surface area contributed by atoms with Gasteiger partial charge in [0.15, 0.2) is 0 Å². The average molecular weight is 391 g/mol. The van der Waals surface area contributed by atoms with E-state index in [1.807, 2.05) is 18.2 Å². The Labute approximate surface area is 167 Å². The lowest BCUT2D eigenvalue weighted by atomic mass is 10.1. The minimum absolute atomic E-state index is 0.309. The van der Waals surface area contributed by atoms with Crippen LogP contribution < -0.4 is 15.5 Å². The molecule has 0 bridgehead atoms. The Bertz CT molecular complexity index is 1050. The summed E-state index contributed by atoms with van der Waals surface area (Å²) < 4.78 is 18.1. The Balaban J connectivity index is 1.63. The molecule has 7 heteroatoms. The zero-order valence-electron chi connectivity index (χ0n) is 15.6. The zero-order chi connectivity index (χ0) is 20.6. The highest BCUT2D eigenvalue weighted by atomic mass is 19.1. The molecule has 0 fully saturated rings. The van der Waals surface area contributed by atoms with Crippen LogP contribution in [-0.2, 0) is 0 Å². The van der Waals surface area contributed by atoms with Crippen LogP contribution in [0.25, 0.3) is 0 Å². The molecule has 0 aliphatic rings. The van der Waals surface area contributed by atoms with Crippen LogP contribution in [-0.4, -0.2) is 25.1 Å². The zero-order valence-corrected chi connectivity index (χ0v) is 15.6. The van der Waals surface area contributed by atoms with E-state index in [1.165, 1.54) is 36.5 Å². The van der Waals surface area contributed by atoms with E-state index in [0.717, 1.165) is 5.56 Å². The standard InChI is InChI=1S/C22H18FN3O3/c1-29-20-7-2-4-15(12-20)14-24-26-22(28)17-5-3-6-19(13-17)25-21(27)16-8-10-18(23)11-9-16/h2-14H,1H3,(H,25,27)(H,26,28). The largest absolute Gasteiger partial charge is 0.497 e. The summed E-state index contributed by atoms with van der Waals surface area (Å²) in [5.74, 6) is -0.569. The summed E-state index contributed by atoms with van der Waals surface area (Å²) in [5, 5.41) is 6.61. The Kier molecular flexibility index (Phi) is 6.32. The number of nitrogens with one attached hydrogen (secondary N) is 2. The first-order chi connectivity index (χ1) is 14.0. The van der Waals surface area contributed by atoms with Crippen molar-refractivity contribution in [2.45, 2.75) is 0 Å². The number of anilines is 1. The number of halogens is 1. The minimum atomic E-state index is -0.429. The molecule has 0 heterocycles. The summed E-state index contributed by atoms with van der Waals surface area (Å²) in [6.07, 6.45) is 1.50. The SMILES string of the molecule is COc1cccc(C=NNC(=O)c2cccc(NC(=O)c3ccc(F)cc3)c2)c1. The highest BCUT2D eigenvalue weighted by molar-refractivity contribution is 6.05. The van der Waals surface area contributed by atoms with E-state index in [0.29, 0.717) is 22.6 Å². The number of hydrogen-bond donors (Lipinski definition) is 2. The molecular formula is C22H18FN3O3. The smallest absolute Gasteiger partial charge is 0.271 e. The highest BCUT2D eigenvalue weighted by Crippen LogP contribution is 2.13. The number of ether oxygens (including phenoxy) is 1. The van der Waals surface area contributed by atoms with Crippen molar-refractivity contribution in [2.75, 3.05) is 12.4 Å². The number of rotatable bonds is 6. The van der Waals surface area contributed by atoms with Crippen LogP contribution in [0.2, 0.25) is 0 Å². The molecule has 0 aromatic heterocycles. The van der Waals surface area contributed by atoms with Gasteiger partial charge in [0, 0.05) is 16.8 Å². The van der Waals surface area contributed by atoms with Gasteiger partial charge in [0.05, 0.1) is 13.3 Å². The Hall–Kier alpha value is -4.00. The van der Waals surface area contributed by atoms with Gasteiger partial charge in [-0.1, -0.05) is 18.2 Å². The van der Waals surface area contributed by atoms with Gasteiger partial charge in [-0.25, -0.2) is 9.82 Å². The van der Waals surface area contributed by atoms with Gasteiger partial charge < -0.3 is 10.1 Å². The first kappa shape index (κ1) is 19.8. The molecule has 2 N–H and O–H groups in total. The van der Waals surface area contributed by atoms with E-state index in [-0.39, 0.29) is 0 Å². The highest BCUT2D eigenvalue weighted by Gasteiger charge is 2.09. The fourth-order valence-corrected chi connectivity index (χ4v) is 2.49. The van der Waals surface area contributed by atoms with Gasteiger partial charge in [-0.2, -0.15) is 5.10 Å². The number of carbonyl (C=O) groups is 2. The predicted molar refractivity (Wildman–Crippen MR) is 109 cm³/mol. The van der Waals surface area contributed by atoms with Crippen LogP contribution in [0.15, 0.2) is 77.9 Å². The van der Waals surface area contributed by atoms with Gasteiger partial charge in [0.1, 0.15) is 11.6 Å². The molecule has 0 saturated heterocycles. The van der Waals surface area contributed by atoms with Gasteiger partial charge in [-0.15, -0.1) is 0 Å². The topological polar surface area (TPSA) is 79.8 Å². The Morgan fingerprint density at radius 3 is 2.45 bits per heavy atom. The molecule has 0 aliphatic carbocycles. The lowest BCUT2D eigenvalue weighted by molar-refractivity contribution is 0.0953. The number of hydrogen-bond acceptors (Lipinski definition) is 4. The molecule has 6 nitrogen and oxygen atoms in total. The molecule has 0 unspecified atom stereocenters. The summed E-state index contributed by atoms with van der Waals surface area (Å²) in [5.41, 5.74) is 4.27. The predicted octanol–water partition coefficient (Wildman–Crippen LogP) is 3.85. The molecule has 29 heavy (non-hydrogen) atoms. The maximum absolute atomic E-state index is 13.0. The van der Waals surface area contributed by atoms with Crippen molar-refractivity contribution in [3.05, 3.63) is 95.3 Å². The summed E-state index contributed by atoms with van der Waals surface area (Å²) in [7, 11) is 1.57. The molecule has 3 aromatic carbocycles. The van der Waals surface area contributed by atoms with Gasteiger partial charge in [-0.05, 0) is 60.2 Å².